The van der Waals surface area contributed by atoms with Crippen molar-refractivity contribution in [1.29, 1.82) is 0 Å². The van der Waals surface area contributed by atoms with Gasteiger partial charge in [0.05, 0.1) is 0 Å². The van der Waals surface area contributed by atoms with Crippen molar-refractivity contribution in [2.24, 2.45) is 16.4 Å². The topological polar surface area (TPSA) is 52.9 Å². The van der Waals surface area contributed by atoms with Crippen LogP contribution in [-0.4, -0.2) is 33.6 Å². The number of alkyl halides is 3. The predicted molar refractivity (Wildman–Crippen MR) is 62.1 cm³/mol. The van der Waals surface area contributed by atoms with E-state index in [1.807, 2.05) is 0 Å². The molecule has 0 radical (unpaired) electrons. The van der Waals surface area contributed by atoms with Gasteiger partial charge in [-0.25, -0.2) is 5.01 Å². The zero-order valence-corrected chi connectivity index (χ0v) is 11.1. The van der Waals surface area contributed by atoms with Gasteiger partial charge in [0.1, 0.15) is 5.71 Å². The number of rotatable bonds is 1. The summed E-state index contributed by atoms with van der Waals surface area (Å²) in [7, 11) is 0. The minimum absolute atomic E-state index is 0.301. The maximum Gasteiger partial charge on any atom is 0.431 e. The Morgan fingerprint density at radius 2 is 1.89 bits per heavy atom. The van der Waals surface area contributed by atoms with E-state index in [1.54, 1.807) is 20.8 Å². The highest BCUT2D eigenvalue weighted by Gasteiger charge is 2.58. The number of carbonyl (C=O) groups is 1. The standard InChI is InChI=1S/C12H17F3N2O2/c1-10(2,3)11(19)6-8(12(13,14)15)16-17(11)9(18)7-4-5-7/h7,19H,4-6H2,1-3H3/t11-/m1/s1. The van der Waals surface area contributed by atoms with Gasteiger partial charge in [0.25, 0.3) is 0 Å². The quantitative estimate of drug-likeness (QED) is 0.800. The lowest BCUT2D eigenvalue weighted by Crippen LogP contribution is -2.55. The van der Waals surface area contributed by atoms with Crippen molar-refractivity contribution in [2.45, 2.75) is 51.9 Å². The number of hydrogen-bond acceptors (Lipinski definition) is 3. The van der Waals surface area contributed by atoms with Gasteiger partial charge in [-0.2, -0.15) is 18.3 Å². The van der Waals surface area contributed by atoms with Crippen LogP contribution in [0.3, 0.4) is 0 Å². The van der Waals surface area contributed by atoms with Gasteiger partial charge in [0, 0.05) is 17.8 Å². The number of carbonyl (C=O) groups excluding carboxylic acids is 1. The van der Waals surface area contributed by atoms with Crippen molar-refractivity contribution < 1.29 is 23.1 Å². The zero-order valence-electron chi connectivity index (χ0n) is 11.1. The Kier molecular flexibility index (Phi) is 2.97. The molecular formula is C12H17F3N2O2. The molecule has 4 nitrogen and oxygen atoms in total. The molecule has 7 heteroatoms. The third-order valence-electron chi connectivity index (χ3n) is 3.65. The Morgan fingerprint density at radius 1 is 1.37 bits per heavy atom. The van der Waals surface area contributed by atoms with E-state index in [1.165, 1.54) is 0 Å². The number of hydrogen-bond donors (Lipinski definition) is 1. The Bertz CT molecular complexity index is 435. The largest absolute Gasteiger partial charge is 0.431 e. The van der Waals surface area contributed by atoms with E-state index < -0.39 is 35.4 Å². The van der Waals surface area contributed by atoms with Gasteiger partial charge in [-0.05, 0) is 12.8 Å². The molecule has 0 spiro atoms. The predicted octanol–water partition coefficient (Wildman–Crippen LogP) is 2.28. The van der Waals surface area contributed by atoms with Crippen LogP contribution in [0.25, 0.3) is 0 Å². The monoisotopic (exact) mass is 278 g/mol. The molecule has 0 aromatic carbocycles. The molecule has 1 N–H and O–H groups in total. The first kappa shape index (κ1) is 14.3. The van der Waals surface area contributed by atoms with E-state index in [4.69, 9.17) is 0 Å². The van der Waals surface area contributed by atoms with Gasteiger partial charge >= 0.3 is 6.18 Å². The van der Waals surface area contributed by atoms with Crippen molar-refractivity contribution in [3.8, 4) is 0 Å². The average molecular weight is 278 g/mol. The summed E-state index contributed by atoms with van der Waals surface area (Å²) in [4.78, 5) is 12.0. The van der Waals surface area contributed by atoms with E-state index in [-0.39, 0.29) is 5.92 Å². The maximum absolute atomic E-state index is 12.8. The lowest BCUT2D eigenvalue weighted by molar-refractivity contribution is -0.183. The average Bonchev–Trinajstić information content (AvgIpc) is 2.98. The third-order valence-corrected chi connectivity index (χ3v) is 3.65. The molecule has 0 saturated heterocycles. The highest BCUT2D eigenvalue weighted by Crippen LogP contribution is 2.45. The fourth-order valence-electron chi connectivity index (χ4n) is 2.02. The van der Waals surface area contributed by atoms with E-state index >= 15 is 0 Å². The van der Waals surface area contributed by atoms with Crippen molar-refractivity contribution in [3.63, 3.8) is 0 Å². The van der Waals surface area contributed by atoms with Crippen LogP contribution in [0.1, 0.15) is 40.0 Å². The second kappa shape index (κ2) is 3.94. The van der Waals surface area contributed by atoms with Crippen molar-refractivity contribution >= 4 is 11.6 Å². The first-order chi connectivity index (χ1) is 8.47. The zero-order chi connectivity index (χ0) is 14.6. The number of halogens is 3. The molecule has 0 bridgehead atoms. The van der Waals surface area contributed by atoms with E-state index in [2.05, 4.69) is 5.10 Å². The fourth-order valence-corrected chi connectivity index (χ4v) is 2.02. The molecule has 1 amide bonds. The molecule has 1 atom stereocenters. The smallest absolute Gasteiger partial charge is 0.368 e. The van der Waals surface area contributed by atoms with Crippen LogP contribution in [0.5, 0.6) is 0 Å². The SMILES string of the molecule is CC(C)(C)[C@]1(O)CC(C(F)(F)F)=NN1C(=O)C1CC1. The Labute approximate surface area is 109 Å². The highest BCUT2D eigenvalue weighted by molar-refractivity contribution is 5.95. The first-order valence-corrected chi connectivity index (χ1v) is 6.18. The molecule has 1 aliphatic heterocycles. The van der Waals surface area contributed by atoms with Crippen LogP contribution in [-0.2, 0) is 4.79 Å². The van der Waals surface area contributed by atoms with E-state index in [9.17, 15) is 23.1 Å². The molecule has 0 unspecified atom stereocenters. The van der Waals surface area contributed by atoms with Gasteiger partial charge < -0.3 is 5.11 Å². The molecule has 1 saturated carbocycles. The molecule has 1 aliphatic carbocycles. The summed E-state index contributed by atoms with van der Waals surface area (Å²) < 4.78 is 38.3. The Morgan fingerprint density at radius 3 is 2.26 bits per heavy atom. The molecule has 1 heterocycles. The first-order valence-electron chi connectivity index (χ1n) is 6.18. The Hall–Kier alpha value is -1.11. The second-order valence-corrected chi connectivity index (χ2v) is 6.21. The van der Waals surface area contributed by atoms with Crippen LogP contribution in [0, 0.1) is 11.3 Å². The summed E-state index contributed by atoms with van der Waals surface area (Å²) in [5.74, 6) is -0.818. The van der Waals surface area contributed by atoms with Crippen molar-refractivity contribution in [3.05, 3.63) is 0 Å². The molecular weight excluding hydrogens is 261 g/mol. The van der Waals surface area contributed by atoms with Gasteiger partial charge in [-0.1, -0.05) is 20.8 Å². The highest BCUT2D eigenvalue weighted by atomic mass is 19.4. The second-order valence-electron chi connectivity index (χ2n) is 6.21. The molecule has 0 aromatic rings. The van der Waals surface area contributed by atoms with Gasteiger partial charge in [0.15, 0.2) is 5.72 Å². The van der Waals surface area contributed by atoms with Crippen molar-refractivity contribution in [2.75, 3.05) is 0 Å². The molecule has 19 heavy (non-hydrogen) atoms. The normalized spacial score (nSPS) is 28.6. The number of aliphatic hydroxyl groups is 1. The lowest BCUT2D eigenvalue weighted by Gasteiger charge is -2.41. The molecule has 2 rings (SSSR count). The van der Waals surface area contributed by atoms with Gasteiger partial charge in [-0.3, -0.25) is 4.79 Å². The minimum Gasteiger partial charge on any atom is -0.368 e. The summed E-state index contributed by atoms with van der Waals surface area (Å²) in [6, 6.07) is 0. The number of hydrazone groups is 1. The number of amides is 1. The molecule has 0 aromatic heterocycles. The van der Waals surface area contributed by atoms with Crippen LogP contribution >= 0.6 is 0 Å². The minimum atomic E-state index is -4.63. The van der Waals surface area contributed by atoms with Crippen molar-refractivity contribution in [1.82, 2.24) is 5.01 Å². The molecule has 1 fully saturated rings. The molecule has 2 aliphatic rings. The summed E-state index contributed by atoms with van der Waals surface area (Å²) in [6.45, 7) is 4.78. The van der Waals surface area contributed by atoms with E-state index in [0.717, 1.165) is 0 Å². The number of nitrogens with zero attached hydrogens (tertiary/aromatic N) is 2. The fraction of sp³-hybridized carbons (Fsp3) is 0.833. The summed E-state index contributed by atoms with van der Waals surface area (Å²) in [5, 5.41) is 14.6. The van der Waals surface area contributed by atoms with Crippen LogP contribution in [0.4, 0.5) is 13.2 Å². The van der Waals surface area contributed by atoms with Crippen LogP contribution in [0.15, 0.2) is 5.10 Å². The van der Waals surface area contributed by atoms with Crippen LogP contribution < -0.4 is 0 Å². The van der Waals surface area contributed by atoms with Gasteiger partial charge in [0.2, 0.25) is 5.91 Å². The third kappa shape index (κ3) is 2.35. The maximum atomic E-state index is 12.8. The summed E-state index contributed by atoms with van der Waals surface area (Å²) >= 11 is 0. The van der Waals surface area contributed by atoms with Gasteiger partial charge in [-0.15, -0.1) is 0 Å². The Balaban J connectivity index is 2.37. The molecule has 108 valence electrons. The van der Waals surface area contributed by atoms with E-state index in [0.29, 0.717) is 17.9 Å². The lowest BCUT2D eigenvalue weighted by atomic mass is 9.80. The summed E-state index contributed by atoms with van der Waals surface area (Å²) in [6.07, 6.45) is -4.02. The summed E-state index contributed by atoms with van der Waals surface area (Å²) in [5.41, 5.74) is -3.94. The van der Waals surface area contributed by atoms with Crippen LogP contribution in [0.2, 0.25) is 0 Å².